The SMILES string of the molecule is COc1ccc(OC)c(CCC(=O)N2CCCC3CCCCC32)c1. The van der Waals surface area contributed by atoms with Gasteiger partial charge in [0.05, 0.1) is 14.2 Å². The minimum atomic E-state index is 0.302. The molecule has 2 atom stereocenters. The molecule has 1 saturated heterocycles. The molecule has 0 radical (unpaired) electrons. The van der Waals surface area contributed by atoms with Gasteiger partial charge in [-0.25, -0.2) is 0 Å². The van der Waals surface area contributed by atoms with Gasteiger partial charge in [0.1, 0.15) is 11.5 Å². The summed E-state index contributed by atoms with van der Waals surface area (Å²) in [7, 11) is 3.33. The minimum absolute atomic E-state index is 0.302. The van der Waals surface area contributed by atoms with Gasteiger partial charge in [-0.15, -0.1) is 0 Å². The van der Waals surface area contributed by atoms with Crippen molar-refractivity contribution in [3.63, 3.8) is 0 Å². The Hall–Kier alpha value is -1.71. The summed E-state index contributed by atoms with van der Waals surface area (Å²) in [6.07, 6.45) is 8.82. The number of amides is 1. The van der Waals surface area contributed by atoms with Crippen LogP contribution in [-0.2, 0) is 11.2 Å². The molecule has 132 valence electrons. The van der Waals surface area contributed by atoms with Crippen LogP contribution < -0.4 is 9.47 Å². The Bertz CT molecular complexity index is 570. The standard InChI is InChI=1S/C20H29NO3/c1-23-17-10-11-19(24-2)16(14-17)9-12-20(22)21-13-5-7-15-6-3-4-8-18(15)21/h10-11,14-15,18H,3-9,12-13H2,1-2H3. The lowest BCUT2D eigenvalue weighted by Crippen LogP contribution is -2.49. The number of carbonyl (C=O) groups is 1. The van der Waals surface area contributed by atoms with Gasteiger partial charge in [0.25, 0.3) is 0 Å². The fourth-order valence-corrected chi connectivity index (χ4v) is 4.40. The summed E-state index contributed by atoms with van der Waals surface area (Å²) in [5, 5.41) is 0. The molecule has 0 N–H and O–H groups in total. The zero-order chi connectivity index (χ0) is 16.9. The van der Waals surface area contributed by atoms with Crippen LogP contribution in [0, 0.1) is 5.92 Å². The molecule has 0 aromatic heterocycles. The predicted octanol–water partition coefficient (Wildman–Crippen LogP) is 3.82. The number of aryl methyl sites for hydroxylation is 1. The average molecular weight is 331 g/mol. The van der Waals surface area contributed by atoms with Crippen molar-refractivity contribution in [2.24, 2.45) is 5.92 Å². The van der Waals surface area contributed by atoms with E-state index in [2.05, 4.69) is 4.90 Å². The number of piperidine rings is 1. The van der Waals surface area contributed by atoms with Crippen molar-refractivity contribution < 1.29 is 14.3 Å². The second kappa shape index (κ2) is 7.91. The number of benzene rings is 1. The Morgan fingerprint density at radius 1 is 1.12 bits per heavy atom. The average Bonchev–Trinajstić information content (AvgIpc) is 2.65. The summed E-state index contributed by atoms with van der Waals surface area (Å²) >= 11 is 0. The first kappa shape index (κ1) is 17.1. The van der Waals surface area contributed by atoms with E-state index in [1.165, 1.54) is 32.1 Å². The van der Waals surface area contributed by atoms with E-state index in [1.807, 2.05) is 18.2 Å². The van der Waals surface area contributed by atoms with Crippen LogP contribution in [-0.4, -0.2) is 37.6 Å². The molecule has 2 unspecified atom stereocenters. The number of likely N-dealkylation sites (tertiary alicyclic amines) is 1. The van der Waals surface area contributed by atoms with Crippen LogP contribution in [0.3, 0.4) is 0 Å². The molecule has 1 heterocycles. The Morgan fingerprint density at radius 3 is 2.71 bits per heavy atom. The van der Waals surface area contributed by atoms with E-state index in [0.29, 0.717) is 24.8 Å². The normalized spacial score (nSPS) is 23.5. The second-order valence-corrected chi connectivity index (χ2v) is 7.02. The third kappa shape index (κ3) is 3.68. The highest BCUT2D eigenvalue weighted by atomic mass is 16.5. The predicted molar refractivity (Wildman–Crippen MR) is 94.6 cm³/mol. The molecule has 2 fully saturated rings. The molecule has 1 aromatic carbocycles. The van der Waals surface area contributed by atoms with Crippen molar-refractivity contribution in [1.82, 2.24) is 4.90 Å². The third-order valence-electron chi connectivity index (χ3n) is 5.66. The molecule has 24 heavy (non-hydrogen) atoms. The van der Waals surface area contributed by atoms with Crippen molar-refractivity contribution in [2.45, 2.75) is 57.4 Å². The van der Waals surface area contributed by atoms with Gasteiger partial charge in [-0.3, -0.25) is 4.79 Å². The number of methoxy groups -OCH3 is 2. The van der Waals surface area contributed by atoms with E-state index in [-0.39, 0.29) is 0 Å². The zero-order valence-corrected chi connectivity index (χ0v) is 14.9. The summed E-state index contributed by atoms with van der Waals surface area (Å²) in [6, 6.07) is 6.27. The molecule has 1 aliphatic carbocycles. The maximum absolute atomic E-state index is 12.8. The molecule has 4 heteroatoms. The van der Waals surface area contributed by atoms with E-state index in [9.17, 15) is 4.79 Å². The maximum Gasteiger partial charge on any atom is 0.223 e. The number of ether oxygens (including phenoxy) is 2. The molecular formula is C20H29NO3. The number of hydrogen-bond donors (Lipinski definition) is 0. The summed E-state index contributed by atoms with van der Waals surface area (Å²) in [6.45, 7) is 0.940. The minimum Gasteiger partial charge on any atom is -0.497 e. The molecule has 4 nitrogen and oxygen atoms in total. The third-order valence-corrected chi connectivity index (χ3v) is 5.66. The number of hydrogen-bond acceptors (Lipinski definition) is 3. The summed E-state index contributed by atoms with van der Waals surface area (Å²) in [5.74, 6) is 2.68. The molecule has 3 rings (SSSR count). The Kier molecular flexibility index (Phi) is 5.64. The first-order valence-corrected chi connectivity index (χ1v) is 9.23. The van der Waals surface area contributed by atoms with Crippen LogP contribution in [0.5, 0.6) is 11.5 Å². The summed E-state index contributed by atoms with van der Waals surface area (Å²) < 4.78 is 10.7. The smallest absolute Gasteiger partial charge is 0.223 e. The second-order valence-electron chi connectivity index (χ2n) is 7.02. The molecule has 0 spiro atoms. The quantitative estimate of drug-likeness (QED) is 0.823. The maximum atomic E-state index is 12.8. The lowest BCUT2D eigenvalue weighted by atomic mass is 9.78. The van der Waals surface area contributed by atoms with Crippen LogP contribution in [0.25, 0.3) is 0 Å². The molecule has 1 amide bonds. The molecule has 0 bridgehead atoms. The van der Waals surface area contributed by atoms with Crippen LogP contribution in [0.1, 0.15) is 50.5 Å². The number of carbonyl (C=O) groups excluding carboxylic acids is 1. The first-order valence-electron chi connectivity index (χ1n) is 9.23. The lowest BCUT2D eigenvalue weighted by Gasteiger charge is -2.44. The van der Waals surface area contributed by atoms with E-state index in [4.69, 9.17) is 9.47 Å². The van der Waals surface area contributed by atoms with Crippen molar-refractivity contribution in [2.75, 3.05) is 20.8 Å². The fraction of sp³-hybridized carbons (Fsp3) is 0.650. The number of nitrogens with zero attached hydrogens (tertiary/aromatic N) is 1. The number of rotatable bonds is 5. The van der Waals surface area contributed by atoms with Gasteiger partial charge >= 0.3 is 0 Å². The van der Waals surface area contributed by atoms with E-state index in [1.54, 1.807) is 14.2 Å². The van der Waals surface area contributed by atoms with Crippen molar-refractivity contribution >= 4 is 5.91 Å². The fourth-order valence-electron chi connectivity index (χ4n) is 4.40. The first-order chi connectivity index (χ1) is 11.7. The van der Waals surface area contributed by atoms with Crippen LogP contribution in [0.15, 0.2) is 18.2 Å². The monoisotopic (exact) mass is 331 g/mol. The lowest BCUT2D eigenvalue weighted by molar-refractivity contribution is -0.137. The van der Waals surface area contributed by atoms with Gasteiger partial charge < -0.3 is 14.4 Å². The van der Waals surface area contributed by atoms with Gasteiger partial charge in [0.15, 0.2) is 0 Å². The number of fused-ring (bicyclic) bond motifs is 1. The molecular weight excluding hydrogens is 302 g/mol. The topological polar surface area (TPSA) is 38.8 Å². The summed E-state index contributed by atoms with van der Waals surface area (Å²) in [4.78, 5) is 15.0. The highest BCUT2D eigenvalue weighted by Gasteiger charge is 2.35. The molecule has 1 saturated carbocycles. The van der Waals surface area contributed by atoms with Crippen molar-refractivity contribution in [1.29, 1.82) is 0 Å². The van der Waals surface area contributed by atoms with Crippen molar-refractivity contribution in [3.05, 3.63) is 23.8 Å². The molecule has 2 aliphatic rings. The van der Waals surface area contributed by atoms with Crippen LogP contribution in [0.2, 0.25) is 0 Å². The Balaban J connectivity index is 1.64. The summed E-state index contributed by atoms with van der Waals surface area (Å²) in [5.41, 5.74) is 1.04. The van der Waals surface area contributed by atoms with E-state index >= 15 is 0 Å². The zero-order valence-electron chi connectivity index (χ0n) is 14.9. The van der Waals surface area contributed by atoms with Gasteiger partial charge in [-0.05, 0) is 61.8 Å². The van der Waals surface area contributed by atoms with Gasteiger partial charge in [0.2, 0.25) is 5.91 Å². The van der Waals surface area contributed by atoms with Gasteiger partial charge in [-0.2, -0.15) is 0 Å². The Morgan fingerprint density at radius 2 is 1.92 bits per heavy atom. The van der Waals surface area contributed by atoms with Crippen LogP contribution in [0.4, 0.5) is 0 Å². The molecule has 1 aliphatic heterocycles. The van der Waals surface area contributed by atoms with E-state index < -0.39 is 0 Å². The van der Waals surface area contributed by atoms with E-state index in [0.717, 1.165) is 35.9 Å². The van der Waals surface area contributed by atoms with Gasteiger partial charge in [-0.1, -0.05) is 12.8 Å². The van der Waals surface area contributed by atoms with Crippen LogP contribution >= 0.6 is 0 Å². The Labute approximate surface area is 145 Å². The molecule has 1 aromatic rings. The van der Waals surface area contributed by atoms with Gasteiger partial charge in [0, 0.05) is 19.0 Å². The highest BCUT2D eigenvalue weighted by Crippen LogP contribution is 2.35. The van der Waals surface area contributed by atoms with Crippen molar-refractivity contribution in [3.8, 4) is 11.5 Å². The highest BCUT2D eigenvalue weighted by molar-refractivity contribution is 5.77. The largest absolute Gasteiger partial charge is 0.497 e.